The lowest BCUT2D eigenvalue weighted by atomic mass is 10.2. The molecule has 1 amide bonds. The minimum atomic E-state index is -0.366. The number of carbonyl (C=O) groups excluding carboxylic acids is 1. The highest BCUT2D eigenvalue weighted by molar-refractivity contribution is 9.10. The third kappa shape index (κ3) is 5.11. The van der Waals surface area contributed by atoms with Crippen LogP contribution in [0.3, 0.4) is 0 Å². The first-order valence-electron chi connectivity index (χ1n) is 6.63. The molecule has 110 valence electrons. The Morgan fingerprint density at radius 2 is 2.00 bits per heavy atom. The smallest absolute Gasteiger partial charge is 0.220 e. The summed E-state index contributed by atoms with van der Waals surface area (Å²) in [6, 6.07) is 15.7. The number of hydrogen-bond donors (Lipinski definition) is 2. The van der Waals surface area contributed by atoms with Crippen molar-refractivity contribution in [1.29, 1.82) is 0 Å². The van der Waals surface area contributed by atoms with Crippen LogP contribution in [0.25, 0.3) is 0 Å². The third-order valence-corrected chi connectivity index (χ3v) is 3.36. The van der Waals surface area contributed by atoms with E-state index in [1.807, 2.05) is 42.5 Å². The lowest BCUT2D eigenvalue weighted by Gasteiger charge is -2.13. The van der Waals surface area contributed by atoms with Gasteiger partial charge in [0.1, 0.15) is 5.75 Å². The van der Waals surface area contributed by atoms with E-state index in [1.165, 1.54) is 0 Å². The van der Waals surface area contributed by atoms with Crippen LogP contribution in [0.5, 0.6) is 5.75 Å². The summed E-state index contributed by atoms with van der Waals surface area (Å²) in [6.45, 7) is 0.973. The fraction of sp³-hybridized carbons (Fsp3) is 0.188. The highest BCUT2D eigenvalue weighted by atomic mass is 79.9. The second-order valence-electron chi connectivity index (χ2n) is 4.54. The summed E-state index contributed by atoms with van der Waals surface area (Å²) < 4.78 is 6.64. The largest absolute Gasteiger partial charge is 0.491 e. The van der Waals surface area contributed by atoms with Crippen molar-refractivity contribution in [1.82, 2.24) is 0 Å². The van der Waals surface area contributed by atoms with E-state index in [4.69, 9.17) is 10.5 Å². The molecular weight excluding hydrogens is 332 g/mol. The molecule has 0 radical (unpaired) electrons. The Hall–Kier alpha value is -2.01. The monoisotopic (exact) mass is 348 g/mol. The van der Waals surface area contributed by atoms with E-state index >= 15 is 0 Å². The Labute approximate surface area is 132 Å². The first kappa shape index (κ1) is 15.4. The van der Waals surface area contributed by atoms with E-state index in [0.717, 1.165) is 15.7 Å². The van der Waals surface area contributed by atoms with Crippen molar-refractivity contribution in [2.75, 3.05) is 11.9 Å². The number of anilines is 1. The molecule has 2 rings (SSSR count). The molecule has 4 nitrogen and oxygen atoms in total. The standard InChI is InChI=1S/C16H17BrN2O2/c17-13-5-3-4-12(10-13)11-19-14-6-1-2-7-15(14)21-9-8-16(18)20/h1-7,10,19H,8-9,11H2,(H2,18,20). The van der Waals surface area contributed by atoms with Crippen LogP contribution in [0.4, 0.5) is 5.69 Å². The minimum Gasteiger partial charge on any atom is -0.491 e. The SMILES string of the molecule is NC(=O)CCOc1ccccc1NCc1cccc(Br)c1. The highest BCUT2D eigenvalue weighted by Crippen LogP contribution is 2.24. The van der Waals surface area contributed by atoms with Gasteiger partial charge in [0.15, 0.2) is 0 Å². The van der Waals surface area contributed by atoms with Gasteiger partial charge in [0.25, 0.3) is 0 Å². The van der Waals surface area contributed by atoms with E-state index in [1.54, 1.807) is 0 Å². The average molecular weight is 349 g/mol. The molecule has 0 aromatic heterocycles. The lowest BCUT2D eigenvalue weighted by Crippen LogP contribution is -2.15. The van der Waals surface area contributed by atoms with Gasteiger partial charge in [-0.2, -0.15) is 0 Å². The molecule has 0 atom stereocenters. The van der Waals surface area contributed by atoms with Crippen molar-refractivity contribution < 1.29 is 9.53 Å². The second kappa shape index (κ2) is 7.69. The Kier molecular flexibility index (Phi) is 5.63. The number of rotatable bonds is 7. The quantitative estimate of drug-likeness (QED) is 0.806. The molecule has 21 heavy (non-hydrogen) atoms. The molecule has 3 N–H and O–H groups in total. The summed E-state index contributed by atoms with van der Waals surface area (Å²) in [5.41, 5.74) is 7.16. The number of primary amides is 1. The van der Waals surface area contributed by atoms with E-state index in [2.05, 4.69) is 27.3 Å². The zero-order valence-electron chi connectivity index (χ0n) is 11.5. The van der Waals surface area contributed by atoms with E-state index < -0.39 is 0 Å². The fourth-order valence-electron chi connectivity index (χ4n) is 1.84. The maximum absolute atomic E-state index is 10.7. The molecule has 2 aromatic rings. The number of halogens is 1. The number of carbonyl (C=O) groups is 1. The molecule has 0 saturated heterocycles. The van der Waals surface area contributed by atoms with Crippen LogP contribution >= 0.6 is 15.9 Å². The van der Waals surface area contributed by atoms with Crippen LogP contribution in [0, 0.1) is 0 Å². The van der Waals surface area contributed by atoms with E-state index in [0.29, 0.717) is 12.3 Å². The zero-order valence-corrected chi connectivity index (χ0v) is 13.1. The number of nitrogens with two attached hydrogens (primary N) is 1. The van der Waals surface area contributed by atoms with Crippen LogP contribution in [0.2, 0.25) is 0 Å². The van der Waals surface area contributed by atoms with E-state index in [-0.39, 0.29) is 18.9 Å². The predicted molar refractivity (Wildman–Crippen MR) is 87.2 cm³/mol. The molecule has 5 heteroatoms. The van der Waals surface area contributed by atoms with Crippen molar-refractivity contribution in [2.24, 2.45) is 5.73 Å². The van der Waals surface area contributed by atoms with Gasteiger partial charge in [-0.1, -0.05) is 40.2 Å². The van der Waals surface area contributed by atoms with Crippen LogP contribution in [0.1, 0.15) is 12.0 Å². The van der Waals surface area contributed by atoms with Gasteiger partial charge < -0.3 is 15.8 Å². The summed E-state index contributed by atoms with van der Waals surface area (Å²) in [6.07, 6.45) is 0.208. The third-order valence-electron chi connectivity index (χ3n) is 2.87. The Bertz CT molecular complexity index is 617. The van der Waals surface area contributed by atoms with Crippen molar-refractivity contribution in [3.05, 3.63) is 58.6 Å². The molecule has 0 aliphatic carbocycles. The minimum absolute atomic E-state index is 0.208. The van der Waals surface area contributed by atoms with Gasteiger partial charge in [-0.25, -0.2) is 0 Å². The number of benzene rings is 2. The predicted octanol–water partition coefficient (Wildman–Crippen LogP) is 3.32. The molecule has 0 fully saturated rings. The maximum atomic E-state index is 10.7. The Balaban J connectivity index is 1.97. The topological polar surface area (TPSA) is 64.4 Å². The summed E-state index contributed by atoms with van der Waals surface area (Å²) in [4.78, 5) is 10.7. The lowest BCUT2D eigenvalue weighted by molar-refractivity contribution is -0.118. The second-order valence-corrected chi connectivity index (χ2v) is 5.46. The van der Waals surface area contributed by atoms with Crippen molar-refractivity contribution in [3.63, 3.8) is 0 Å². The molecule has 2 aromatic carbocycles. The number of amides is 1. The fourth-order valence-corrected chi connectivity index (χ4v) is 2.29. The number of hydrogen-bond acceptors (Lipinski definition) is 3. The number of nitrogens with one attached hydrogen (secondary N) is 1. The van der Waals surface area contributed by atoms with Gasteiger partial charge in [0.05, 0.1) is 18.7 Å². The summed E-state index contributed by atoms with van der Waals surface area (Å²) in [7, 11) is 0. The van der Waals surface area contributed by atoms with Gasteiger partial charge in [0.2, 0.25) is 5.91 Å². The summed E-state index contributed by atoms with van der Waals surface area (Å²) in [5.74, 6) is 0.350. The first-order chi connectivity index (χ1) is 10.1. The number of ether oxygens (including phenoxy) is 1. The normalized spacial score (nSPS) is 10.1. The molecule has 0 bridgehead atoms. The van der Waals surface area contributed by atoms with Gasteiger partial charge in [0, 0.05) is 11.0 Å². The zero-order chi connectivity index (χ0) is 15.1. The van der Waals surface area contributed by atoms with E-state index in [9.17, 15) is 4.79 Å². The van der Waals surface area contributed by atoms with Gasteiger partial charge >= 0.3 is 0 Å². The van der Waals surface area contributed by atoms with Gasteiger partial charge in [-0.15, -0.1) is 0 Å². The van der Waals surface area contributed by atoms with Crippen molar-refractivity contribution in [2.45, 2.75) is 13.0 Å². The molecule has 0 aliphatic rings. The summed E-state index contributed by atoms with van der Waals surface area (Å²) >= 11 is 3.45. The molecule has 0 saturated carbocycles. The molecule has 0 unspecified atom stereocenters. The highest BCUT2D eigenvalue weighted by Gasteiger charge is 2.04. The summed E-state index contributed by atoms with van der Waals surface area (Å²) in [5, 5.41) is 3.33. The molecule has 0 aliphatic heterocycles. The Morgan fingerprint density at radius 3 is 2.76 bits per heavy atom. The van der Waals surface area contributed by atoms with Crippen molar-refractivity contribution >= 4 is 27.5 Å². The van der Waals surface area contributed by atoms with Gasteiger partial charge in [-0.3, -0.25) is 4.79 Å². The number of para-hydroxylation sites is 2. The van der Waals surface area contributed by atoms with Gasteiger partial charge in [-0.05, 0) is 29.8 Å². The molecular formula is C16H17BrN2O2. The Morgan fingerprint density at radius 1 is 1.19 bits per heavy atom. The molecule has 0 spiro atoms. The molecule has 0 heterocycles. The van der Waals surface area contributed by atoms with Crippen LogP contribution in [-0.2, 0) is 11.3 Å². The maximum Gasteiger partial charge on any atom is 0.220 e. The van der Waals surface area contributed by atoms with Crippen LogP contribution in [-0.4, -0.2) is 12.5 Å². The van der Waals surface area contributed by atoms with Crippen LogP contribution in [0.15, 0.2) is 53.0 Å². The van der Waals surface area contributed by atoms with Crippen molar-refractivity contribution in [3.8, 4) is 5.75 Å². The van der Waals surface area contributed by atoms with Crippen LogP contribution < -0.4 is 15.8 Å². The average Bonchev–Trinajstić information content (AvgIpc) is 2.46. The first-order valence-corrected chi connectivity index (χ1v) is 7.43.